The fourth-order valence-electron chi connectivity index (χ4n) is 2.56. The Hall–Kier alpha value is -1.43. The Morgan fingerprint density at radius 1 is 1.44 bits per heavy atom. The van der Waals surface area contributed by atoms with Gasteiger partial charge in [-0.2, -0.15) is 0 Å². The predicted octanol–water partition coefficient (Wildman–Crippen LogP) is 0.437. The minimum Gasteiger partial charge on any atom is -0.335 e. The monoisotopic (exact) mass is 249 g/mol. The van der Waals surface area contributed by atoms with E-state index in [1.807, 2.05) is 4.90 Å². The smallest absolute Gasteiger partial charge is 0.276 e. The molecule has 1 amide bonds. The van der Waals surface area contributed by atoms with Crippen LogP contribution in [0.4, 0.5) is 0 Å². The largest absolute Gasteiger partial charge is 0.335 e. The minimum absolute atomic E-state index is 0.0285. The summed E-state index contributed by atoms with van der Waals surface area (Å²) in [6.07, 6.45) is 5.18. The number of amides is 1. The zero-order chi connectivity index (χ0) is 12.5. The molecule has 1 unspecified atom stereocenters. The van der Waals surface area contributed by atoms with Crippen molar-refractivity contribution in [2.45, 2.75) is 38.3 Å². The molecule has 1 N–H and O–H groups in total. The Morgan fingerprint density at radius 2 is 2.28 bits per heavy atom. The molecule has 0 aromatic carbocycles. The number of hydrogen-bond donors (Lipinski definition) is 1. The van der Waals surface area contributed by atoms with Gasteiger partial charge in [0.1, 0.15) is 0 Å². The molecule has 2 saturated heterocycles. The van der Waals surface area contributed by atoms with Crippen molar-refractivity contribution in [2.24, 2.45) is 0 Å². The van der Waals surface area contributed by atoms with E-state index in [1.54, 1.807) is 10.9 Å². The number of likely N-dealkylation sites (tertiary alicyclic amines) is 1. The Labute approximate surface area is 106 Å². The molecule has 1 aromatic rings. The van der Waals surface area contributed by atoms with Crippen molar-refractivity contribution in [3.05, 3.63) is 11.9 Å². The van der Waals surface area contributed by atoms with E-state index < -0.39 is 0 Å². The van der Waals surface area contributed by atoms with E-state index in [0.717, 1.165) is 32.5 Å². The van der Waals surface area contributed by atoms with Gasteiger partial charge in [-0.15, -0.1) is 5.10 Å². The van der Waals surface area contributed by atoms with Gasteiger partial charge in [0.15, 0.2) is 5.69 Å². The van der Waals surface area contributed by atoms with Crippen LogP contribution in [-0.4, -0.2) is 51.5 Å². The summed E-state index contributed by atoms with van der Waals surface area (Å²) in [7, 11) is 0. The molecule has 98 valence electrons. The third-order valence-electron chi connectivity index (χ3n) is 3.93. The van der Waals surface area contributed by atoms with Crippen molar-refractivity contribution in [3.63, 3.8) is 0 Å². The Morgan fingerprint density at radius 3 is 2.94 bits per heavy atom. The molecule has 2 aliphatic rings. The molecule has 1 atom stereocenters. The molecule has 0 radical (unpaired) electrons. The molecule has 3 heterocycles. The fraction of sp³-hybridized carbons (Fsp3) is 0.750. The molecule has 0 aliphatic carbocycles. The summed E-state index contributed by atoms with van der Waals surface area (Å²) in [6.45, 7) is 4.78. The first-order chi connectivity index (χ1) is 8.75. The molecular formula is C12H19N5O. The molecule has 0 spiro atoms. The van der Waals surface area contributed by atoms with E-state index in [1.165, 1.54) is 6.42 Å². The molecule has 0 bridgehead atoms. The van der Waals surface area contributed by atoms with Gasteiger partial charge in [-0.05, 0) is 26.2 Å². The Kier molecular flexibility index (Phi) is 3.03. The quantitative estimate of drug-likeness (QED) is 0.826. The maximum absolute atomic E-state index is 12.3. The highest BCUT2D eigenvalue weighted by Crippen LogP contribution is 2.19. The maximum Gasteiger partial charge on any atom is 0.276 e. The summed E-state index contributed by atoms with van der Waals surface area (Å²) in [5.41, 5.74) is 0.482. The highest BCUT2D eigenvalue weighted by Gasteiger charge is 2.27. The van der Waals surface area contributed by atoms with Gasteiger partial charge < -0.3 is 10.2 Å². The predicted molar refractivity (Wildman–Crippen MR) is 66.3 cm³/mol. The van der Waals surface area contributed by atoms with Crippen LogP contribution in [-0.2, 0) is 0 Å². The summed E-state index contributed by atoms with van der Waals surface area (Å²) in [6, 6.07) is 0.680. The highest BCUT2D eigenvalue weighted by atomic mass is 16.2. The summed E-state index contributed by atoms with van der Waals surface area (Å²) in [5.74, 6) is 0.0285. The lowest BCUT2D eigenvalue weighted by Gasteiger charge is -2.32. The van der Waals surface area contributed by atoms with Gasteiger partial charge in [0.2, 0.25) is 0 Å². The molecular weight excluding hydrogens is 230 g/mol. The van der Waals surface area contributed by atoms with Crippen LogP contribution in [0.3, 0.4) is 0 Å². The van der Waals surface area contributed by atoms with E-state index in [9.17, 15) is 4.79 Å². The van der Waals surface area contributed by atoms with Crippen LogP contribution in [0.25, 0.3) is 0 Å². The van der Waals surface area contributed by atoms with E-state index in [4.69, 9.17) is 0 Å². The number of carbonyl (C=O) groups is 1. The van der Waals surface area contributed by atoms with Crippen molar-refractivity contribution in [2.75, 3.05) is 19.6 Å². The first-order valence-electron chi connectivity index (χ1n) is 6.69. The number of rotatable bonds is 2. The van der Waals surface area contributed by atoms with Gasteiger partial charge in [0.25, 0.3) is 5.91 Å². The fourth-order valence-corrected chi connectivity index (χ4v) is 2.56. The molecule has 1 aromatic heterocycles. The zero-order valence-corrected chi connectivity index (χ0v) is 10.7. The van der Waals surface area contributed by atoms with Gasteiger partial charge in [0.05, 0.1) is 12.2 Å². The molecule has 18 heavy (non-hydrogen) atoms. The Bertz CT molecular complexity index is 439. The van der Waals surface area contributed by atoms with Gasteiger partial charge in [-0.1, -0.05) is 5.21 Å². The molecule has 2 aliphatic heterocycles. The second-order valence-corrected chi connectivity index (χ2v) is 5.24. The standard InChI is InChI=1S/C12H19N5O/c1-9-4-2-3-5-16(9)12(18)11-8-17(15-14-11)10-6-13-7-10/h8-10,13H,2-7H2,1H3. The van der Waals surface area contributed by atoms with Crippen molar-refractivity contribution in [1.82, 2.24) is 25.2 Å². The number of aromatic nitrogens is 3. The van der Waals surface area contributed by atoms with Gasteiger partial charge in [-0.3, -0.25) is 4.79 Å². The molecule has 6 nitrogen and oxygen atoms in total. The van der Waals surface area contributed by atoms with Crippen molar-refractivity contribution in [3.8, 4) is 0 Å². The number of nitrogens with zero attached hydrogens (tertiary/aromatic N) is 4. The lowest BCUT2D eigenvalue weighted by molar-refractivity contribution is 0.0629. The normalized spacial score (nSPS) is 24.9. The molecule has 2 fully saturated rings. The van der Waals surface area contributed by atoms with Crippen LogP contribution in [0, 0.1) is 0 Å². The average molecular weight is 249 g/mol. The van der Waals surface area contributed by atoms with Crippen LogP contribution < -0.4 is 5.32 Å². The number of carbonyl (C=O) groups excluding carboxylic acids is 1. The first kappa shape index (κ1) is 11.6. The second kappa shape index (κ2) is 4.68. The van der Waals surface area contributed by atoms with Crippen molar-refractivity contribution < 1.29 is 4.79 Å². The van der Waals surface area contributed by atoms with Crippen LogP contribution in [0.1, 0.15) is 42.7 Å². The lowest BCUT2D eigenvalue weighted by atomic mass is 10.0. The molecule has 3 rings (SSSR count). The Balaban J connectivity index is 1.72. The van der Waals surface area contributed by atoms with E-state index in [-0.39, 0.29) is 5.91 Å². The van der Waals surface area contributed by atoms with Crippen molar-refractivity contribution >= 4 is 5.91 Å². The third-order valence-corrected chi connectivity index (χ3v) is 3.93. The number of nitrogens with one attached hydrogen (secondary N) is 1. The molecule has 6 heteroatoms. The lowest BCUT2D eigenvalue weighted by Crippen LogP contribution is -2.43. The third kappa shape index (κ3) is 2.01. The molecule has 0 saturated carbocycles. The van der Waals surface area contributed by atoms with Crippen LogP contribution in [0.5, 0.6) is 0 Å². The maximum atomic E-state index is 12.3. The second-order valence-electron chi connectivity index (χ2n) is 5.24. The van der Waals surface area contributed by atoms with Crippen molar-refractivity contribution in [1.29, 1.82) is 0 Å². The van der Waals surface area contributed by atoms with E-state index in [0.29, 0.717) is 17.8 Å². The summed E-state index contributed by atoms with van der Waals surface area (Å²) >= 11 is 0. The minimum atomic E-state index is 0.0285. The van der Waals surface area contributed by atoms with Gasteiger partial charge >= 0.3 is 0 Å². The summed E-state index contributed by atoms with van der Waals surface area (Å²) in [4.78, 5) is 14.3. The van der Waals surface area contributed by atoms with Gasteiger partial charge in [0, 0.05) is 25.7 Å². The van der Waals surface area contributed by atoms with Crippen LogP contribution in [0.2, 0.25) is 0 Å². The van der Waals surface area contributed by atoms with Gasteiger partial charge in [-0.25, -0.2) is 4.68 Å². The zero-order valence-electron chi connectivity index (χ0n) is 10.7. The van der Waals surface area contributed by atoms with E-state index >= 15 is 0 Å². The summed E-state index contributed by atoms with van der Waals surface area (Å²) in [5, 5.41) is 11.3. The number of piperidine rings is 1. The van der Waals surface area contributed by atoms with Crippen LogP contribution >= 0.6 is 0 Å². The van der Waals surface area contributed by atoms with E-state index in [2.05, 4.69) is 22.6 Å². The topological polar surface area (TPSA) is 63.1 Å². The number of hydrogen-bond acceptors (Lipinski definition) is 4. The average Bonchev–Trinajstić information content (AvgIpc) is 2.76. The SMILES string of the molecule is CC1CCCCN1C(=O)c1cn(C2CNC2)nn1. The first-order valence-corrected chi connectivity index (χ1v) is 6.69. The van der Waals surface area contributed by atoms with Crippen LogP contribution in [0.15, 0.2) is 6.20 Å². The summed E-state index contributed by atoms with van der Waals surface area (Å²) < 4.78 is 1.80. The highest BCUT2D eigenvalue weighted by molar-refractivity contribution is 5.92.